The molecule has 1 aliphatic rings. The average molecular weight is 477 g/mol. The van der Waals surface area contributed by atoms with Crippen molar-refractivity contribution in [1.82, 2.24) is 14.8 Å². The number of ether oxygens (including phenoxy) is 1. The topological polar surface area (TPSA) is 103 Å². The molecule has 0 aliphatic heterocycles. The van der Waals surface area contributed by atoms with Crippen molar-refractivity contribution in [2.45, 2.75) is 72.4 Å². The van der Waals surface area contributed by atoms with Gasteiger partial charge in [-0.05, 0) is 63.9 Å². The van der Waals surface area contributed by atoms with E-state index in [0.29, 0.717) is 33.8 Å². The van der Waals surface area contributed by atoms with Crippen molar-refractivity contribution in [3.05, 3.63) is 53.3 Å². The van der Waals surface area contributed by atoms with Crippen LogP contribution in [0.4, 0.5) is 5.69 Å². The first kappa shape index (κ1) is 24.6. The van der Waals surface area contributed by atoms with Crippen molar-refractivity contribution in [1.29, 1.82) is 0 Å². The van der Waals surface area contributed by atoms with Crippen LogP contribution in [0.15, 0.2) is 36.5 Å². The van der Waals surface area contributed by atoms with E-state index >= 15 is 0 Å². The van der Waals surface area contributed by atoms with Crippen molar-refractivity contribution in [2.24, 2.45) is 5.41 Å². The third kappa shape index (κ3) is 5.26. The fourth-order valence-electron chi connectivity index (χ4n) is 3.72. The van der Waals surface area contributed by atoms with Gasteiger partial charge in [0.05, 0.1) is 17.1 Å². The minimum atomic E-state index is -0.981. The SMILES string of the molecule is CC(OC(=O)c1cc(C2CC2)nc2c1cnn2C(C)C)C(=O)c1ccc(NC(=O)C(C)(C)C)cc1. The van der Waals surface area contributed by atoms with Crippen molar-refractivity contribution < 1.29 is 19.1 Å². The van der Waals surface area contributed by atoms with Crippen LogP contribution in [0.1, 0.15) is 92.8 Å². The maximum absolute atomic E-state index is 13.2. The van der Waals surface area contributed by atoms with Crippen LogP contribution in [-0.4, -0.2) is 38.5 Å². The molecule has 1 amide bonds. The molecule has 1 atom stereocenters. The summed E-state index contributed by atoms with van der Waals surface area (Å²) in [7, 11) is 0. The molecular weight excluding hydrogens is 444 g/mol. The molecule has 2 aromatic heterocycles. The van der Waals surface area contributed by atoms with E-state index in [1.807, 2.05) is 34.6 Å². The summed E-state index contributed by atoms with van der Waals surface area (Å²) in [6.45, 7) is 11.1. The highest BCUT2D eigenvalue weighted by atomic mass is 16.5. The lowest BCUT2D eigenvalue weighted by Crippen LogP contribution is -2.27. The van der Waals surface area contributed by atoms with Crippen molar-refractivity contribution in [2.75, 3.05) is 5.32 Å². The van der Waals surface area contributed by atoms with Crippen molar-refractivity contribution in [3.8, 4) is 0 Å². The van der Waals surface area contributed by atoms with E-state index in [1.165, 1.54) is 0 Å². The van der Waals surface area contributed by atoms with E-state index in [1.54, 1.807) is 48.1 Å². The molecule has 0 spiro atoms. The lowest BCUT2D eigenvalue weighted by Gasteiger charge is -2.18. The van der Waals surface area contributed by atoms with E-state index in [0.717, 1.165) is 18.5 Å². The Hall–Kier alpha value is -3.55. The minimum absolute atomic E-state index is 0.0926. The molecule has 35 heavy (non-hydrogen) atoms. The third-order valence-electron chi connectivity index (χ3n) is 6.05. The average Bonchev–Trinajstić information content (AvgIpc) is 3.56. The second kappa shape index (κ2) is 9.24. The minimum Gasteiger partial charge on any atom is -0.451 e. The van der Waals surface area contributed by atoms with E-state index in [2.05, 4.69) is 10.4 Å². The van der Waals surface area contributed by atoms with Crippen LogP contribution >= 0.6 is 0 Å². The van der Waals surface area contributed by atoms with Gasteiger partial charge in [0.25, 0.3) is 0 Å². The number of carbonyl (C=O) groups is 3. The molecule has 4 rings (SSSR count). The Balaban J connectivity index is 1.51. The number of aromatic nitrogens is 3. The zero-order chi connectivity index (χ0) is 25.5. The summed E-state index contributed by atoms with van der Waals surface area (Å²) in [5.41, 5.74) is 2.36. The highest BCUT2D eigenvalue weighted by molar-refractivity contribution is 6.05. The number of hydrogen-bond acceptors (Lipinski definition) is 6. The largest absolute Gasteiger partial charge is 0.451 e. The number of pyridine rings is 1. The number of hydrogen-bond donors (Lipinski definition) is 1. The first-order chi connectivity index (χ1) is 16.5. The summed E-state index contributed by atoms with van der Waals surface area (Å²) < 4.78 is 7.40. The van der Waals surface area contributed by atoms with Gasteiger partial charge in [-0.2, -0.15) is 5.10 Å². The quantitative estimate of drug-likeness (QED) is 0.366. The number of ketones is 1. The number of nitrogens with zero attached hydrogens (tertiary/aromatic N) is 3. The molecule has 8 nitrogen and oxygen atoms in total. The van der Waals surface area contributed by atoms with Crippen LogP contribution in [0.2, 0.25) is 0 Å². The van der Waals surface area contributed by atoms with Gasteiger partial charge in [-0.1, -0.05) is 20.8 Å². The predicted molar refractivity (Wildman–Crippen MR) is 134 cm³/mol. The molecular formula is C27H32N4O4. The number of amides is 1. The zero-order valence-electron chi connectivity index (χ0n) is 21.1. The van der Waals surface area contributed by atoms with Crippen LogP contribution in [-0.2, 0) is 9.53 Å². The van der Waals surface area contributed by atoms with Crippen LogP contribution < -0.4 is 5.32 Å². The molecule has 1 N–H and O–H groups in total. The summed E-state index contributed by atoms with van der Waals surface area (Å²) >= 11 is 0. The summed E-state index contributed by atoms with van der Waals surface area (Å²) in [5.74, 6) is -0.665. The molecule has 1 saturated carbocycles. The second-order valence-electron chi connectivity index (χ2n) is 10.5. The van der Waals surface area contributed by atoms with Gasteiger partial charge in [0.2, 0.25) is 11.7 Å². The number of Topliss-reactive ketones (excluding diaryl/α,β-unsaturated/α-hetero) is 1. The molecule has 0 radical (unpaired) electrons. The number of esters is 1. The van der Waals surface area contributed by atoms with E-state index in [9.17, 15) is 14.4 Å². The van der Waals surface area contributed by atoms with Crippen LogP contribution in [0.3, 0.4) is 0 Å². The van der Waals surface area contributed by atoms with Gasteiger partial charge in [0, 0.05) is 34.3 Å². The van der Waals surface area contributed by atoms with Gasteiger partial charge in [-0.3, -0.25) is 9.59 Å². The van der Waals surface area contributed by atoms with Crippen LogP contribution in [0, 0.1) is 5.41 Å². The first-order valence-corrected chi connectivity index (χ1v) is 12.0. The van der Waals surface area contributed by atoms with E-state index in [-0.39, 0.29) is 17.7 Å². The van der Waals surface area contributed by atoms with Gasteiger partial charge in [-0.15, -0.1) is 0 Å². The molecule has 1 unspecified atom stereocenters. The van der Waals surface area contributed by atoms with Gasteiger partial charge in [0.1, 0.15) is 0 Å². The Bertz CT molecular complexity index is 1280. The standard InChI is InChI=1S/C27H32N4O4/c1-15(2)31-24-21(14-28-31)20(13-22(30-24)17-7-8-17)25(33)35-16(3)23(32)18-9-11-19(12-10-18)29-26(34)27(4,5)6/h9-17H,7-8H2,1-6H3,(H,29,34). The van der Waals surface area contributed by atoms with E-state index < -0.39 is 17.5 Å². The molecule has 2 heterocycles. The van der Waals surface area contributed by atoms with E-state index in [4.69, 9.17) is 9.72 Å². The fraction of sp³-hybridized carbons (Fsp3) is 0.444. The molecule has 1 aliphatic carbocycles. The third-order valence-corrected chi connectivity index (χ3v) is 6.05. The highest BCUT2D eigenvalue weighted by Crippen LogP contribution is 2.40. The number of anilines is 1. The smallest absolute Gasteiger partial charge is 0.339 e. The number of fused-ring (bicyclic) bond motifs is 1. The number of nitrogens with one attached hydrogen (secondary N) is 1. The van der Waals surface area contributed by atoms with Crippen LogP contribution in [0.25, 0.3) is 11.0 Å². The van der Waals surface area contributed by atoms with Crippen molar-refractivity contribution in [3.63, 3.8) is 0 Å². The Labute approximate surface area is 205 Å². The van der Waals surface area contributed by atoms with Gasteiger partial charge in [-0.25, -0.2) is 14.5 Å². The zero-order valence-corrected chi connectivity index (χ0v) is 21.1. The summed E-state index contributed by atoms with van der Waals surface area (Å²) in [6.07, 6.45) is 2.74. The Morgan fingerprint density at radius 2 is 1.74 bits per heavy atom. The summed E-state index contributed by atoms with van der Waals surface area (Å²) in [5, 5.41) is 7.86. The maximum atomic E-state index is 13.2. The summed E-state index contributed by atoms with van der Waals surface area (Å²) in [4.78, 5) is 43.1. The van der Waals surface area contributed by atoms with Crippen molar-refractivity contribution >= 4 is 34.4 Å². The molecule has 0 saturated heterocycles. The lowest BCUT2D eigenvalue weighted by atomic mass is 9.95. The number of benzene rings is 1. The first-order valence-electron chi connectivity index (χ1n) is 12.0. The Morgan fingerprint density at radius 3 is 2.31 bits per heavy atom. The fourth-order valence-corrected chi connectivity index (χ4v) is 3.72. The second-order valence-corrected chi connectivity index (χ2v) is 10.5. The summed E-state index contributed by atoms with van der Waals surface area (Å²) in [6, 6.07) is 8.44. The maximum Gasteiger partial charge on any atom is 0.339 e. The number of rotatable bonds is 7. The molecule has 184 valence electrons. The van der Waals surface area contributed by atoms with Gasteiger partial charge < -0.3 is 10.1 Å². The molecule has 8 heteroatoms. The highest BCUT2D eigenvalue weighted by Gasteiger charge is 2.30. The predicted octanol–water partition coefficient (Wildman–Crippen LogP) is 5.30. The van der Waals surface area contributed by atoms with Gasteiger partial charge in [0.15, 0.2) is 11.8 Å². The molecule has 1 aromatic carbocycles. The van der Waals surface area contributed by atoms with Crippen LogP contribution in [0.5, 0.6) is 0 Å². The molecule has 1 fully saturated rings. The Kier molecular flexibility index (Phi) is 6.49. The molecule has 3 aromatic rings. The lowest BCUT2D eigenvalue weighted by molar-refractivity contribution is -0.123. The monoisotopic (exact) mass is 476 g/mol. The number of carbonyl (C=O) groups excluding carboxylic acids is 3. The normalized spacial score (nSPS) is 14.7. The van der Waals surface area contributed by atoms with Gasteiger partial charge >= 0.3 is 5.97 Å². The Morgan fingerprint density at radius 1 is 1.09 bits per heavy atom. The molecule has 0 bridgehead atoms.